The van der Waals surface area contributed by atoms with Gasteiger partial charge in [-0.05, 0) is 79.7 Å². The number of rotatable bonds is 6. The predicted molar refractivity (Wildman–Crippen MR) is 192 cm³/mol. The van der Waals surface area contributed by atoms with E-state index >= 15 is 0 Å². The summed E-state index contributed by atoms with van der Waals surface area (Å²) in [6, 6.07) is 67.6. The van der Waals surface area contributed by atoms with E-state index in [2.05, 4.69) is 193 Å². The van der Waals surface area contributed by atoms with Crippen LogP contribution in [0, 0.1) is 0 Å². The summed E-state index contributed by atoms with van der Waals surface area (Å²) in [5.74, 6) is 0. The van der Waals surface area contributed by atoms with Gasteiger partial charge in [0.2, 0.25) is 0 Å². The Kier molecular flexibility index (Phi) is 6.90. The van der Waals surface area contributed by atoms with Gasteiger partial charge in [0.15, 0.2) is 0 Å². The Balaban J connectivity index is 1.30. The van der Waals surface area contributed by atoms with Crippen molar-refractivity contribution in [3.05, 3.63) is 188 Å². The molecule has 0 spiro atoms. The maximum absolute atomic E-state index is 2.39. The molecule has 0 aromatic heterocycles. The summed E-state index contributed by atoms with van der Waals surface area (Å²) in [5.41, 5.74) is 10.7. The van der Waals surface area contributed by atoms with Gasteiger partial charge in [0.05, 0.1) is 5.69 Å². The van der Waals surface area contributed by atoms with Gasteiger partial charge in [-0.25, -0.2) is 0 Å². The lowest BCUT2D eigenvalue weighted by Crippen LogP contribution is -2.11. The molecule has 0 radical (unpaired) electrons. The van der Waals surface area contributed by atoms with E-state index in [1.54, 1.807) is 0 Å². The number of para-hydroxylation sites is 1. The third kappa shape index (κ3) is 5.05. The van der Waals surface area contributed by atoms with Gasteiger partial charge in [0.1, 0.15) is 0 Å². The van der Waals surface area contributed by atoms with Crippen molar-refractivity contribution in [2.24, 2.45) is 0 Å². The average Bonchev–Trinajstić information content (AvgIpc) is 3.12. The molecular formula is C44H31N. The van der Waals surface area contributed by atoms with Gasteiger partial charge in [0.25, 0.3) is 0 Å². The fourth-order valence-corrected chi connectivity index (χ4v) is 6.49. The first-order chi connectivity index (χ1) is 22.3. The standard InChI is InChI=1S/C44H31N/c1-3-14-33(15-4-1)40-20-11-12-22-43(40)45(39-29-23-32-13-7-8-19-37(32)31-39)38-27-24-35(25-28-38)42-30-26-34-16-9-10-21-41(34)44(42)36-17-5-2-6-18-36/h1-31H. The summed E-state index contributed by atoms with van der Waals surface area (Å²) >= 11 is 0. The molecule has 0 N–H and O–H groups in total. The normalized spacial score (nSPS) is 11.1. The molecule has 0 heterocycles. The van der Waals surface area contributed by atoms with Gasteiger partial charge in [0, 0.05) is 16.9 Å². The topological polar surface area (TPSA) is 3.24 Å². The Labute approximate surface area is 264 Å². The molecule has 0 aliphatic carbocycles. The van der Waals surface area contributed by atoms with E-state index in [4.69, 9.17) is 0 Å². The maximum atomic E-state index is 2.39. The van der Waals surface area contributed by atoms with E-state index in [0.717, 1.165) is 17.1 Å². The second kappa shape index (κ2) is 11.6. The van der Waals surface area contributed by atoms with Crippen molar-refractivity contribution in [3.8, 4) is 33.4 Å². The molecule has 1 heteroatoms. The van der Waals surface area contributed by atoms with E-state index in [-0.39, 0.29) is 0 Å². The molecule has 0 saturated carbocycles. The summed E-state index contributed by atoms with van der Waals surface area (Å²) in [7, 11) is 0. The van der Waals surface area contributed by atoms with Crippen LogP contribution in [0.25, 0.3) is 54.9 Å². The highest BCUT2D eigenvalue weighted by molar-refractivity contribution is 6.04. The van der Waals surface area contributed by atoms with Crippen LogP contribution in [0.4, 0.5) is 17.1 Å². The average molecular weight is 574 g/mol. The summed E-state index contributed by atoms with van der Waals surface area (Å²) in [6.45, 7) is 0. The molecule has 0 bridgehead atoms. The molecule has 0 aliphatic heterocycles. The van der Waals surface area contributed by atoms with Crippen LogP contribution in [0.1, 0.15) is 0 Å². The SMILES string of the molecule is c1ccc(-c2ccccc2N(c2ccc(-c3ccc4ccccc4c3-c3ccccc3)cc2)c2ccc3ccccc3c2)cc1. The Morgan fingerprint density at radius 2 is 0.867 bits per heavy atom. The zero-order chi connectivity index (χ0) is 30.0. The van der Waals surface area contributed by atoms with E-state index in [1.165, 1.54) is 54.9 Å². The number of fused-ring (bicyclic) bond motifs is 2. The van der Waals surface area contributed by atoms with Gasteiger partial charge >= 0.3 is 0 Å². The summed E-state index contributed by atoms with van der Waals surface area (Å²) in [4.78, 5) is 2.39. The zero-order valence-corrected chi connectivity index (χ0v) is 24.8. The lowest BCUT2D eigenvalue weighted by atomic mass is 9.89. The van der Waals surface area contributed by atoms with Crippen LogP contribution in [0.5, 0.6) is 0 Å². The van der Waals surface area contributed by atoms with Gasteiger partial charge in [-0.2, -0.15) is 0 Å². The lowest BCUT2D eigenvalue weighted by Gasteiger charge is -2.28. The molecule has 0 amide bonds. The quantitative estimate of drug-likeness (QED) is 0.191. The minimum absolute atomic E-state index is 1.11. The Morgan fingerprint density at radius 3 is 1.64 bits per heavy atom. The first kappa shape index (κ1) is 26.7. The monoisotopic (exact) mass is 573 g/mol. The van der Waals surface area contributed by atoms with E-state index in [0.29, 0.717) is 0 Å². The molecule has 0 unspecified atom stereocenters. The van der Waals surface area contributed by atoms with E-state index < -0.39 is 0 Å². The van der Waals surface area contributed by atoms with Gasteiger partial charge in [-0.1, -0.05) is 158 Å². The molecule has 8 aromatic carbocycles. The first-order valence-corrected chi connectivity index (χ1v) is 15.4. The van der Waals surface area contributed by atoms with Crippen molar-refractivity contribution in [1.82, 2.24) is 0 Å². The van der Waals surface area contributed by atoms with Crippen molar-refractivity contribution in [3.63, 3.8) is 0 Å². The van der Waals surface area contributed by atoms with Crippen LogP contribution >= 0.6 is 0 Å². The number of hydrogen-bond donors (Lipinski definition) is 0. The highest BCUT2D eigenvalue weighted by Gasteiger charge is 2.18. The zero-order valence-electron chi connectivity index (χ0n) is 24.8. The summed E-state index contributed by atoms with van der Waals surface area (Å²) < 4.78 is 0. The third-order valence-electron chi connectivity index (χ3n) is 8.65. The molecule has 8 aromatic rings. The molecule has 45 heavy (non-hydrogen) atoms. The predicted octanol–water partition coefficient (Wildman–Crippen LogP) is 12.5. The van der Waals surface area contributed by atoms with Crippen molar-refractivity contribution < 1.29 is 0 Å². The molecule has 0 saturated heterocycles. The van der Waals surface area contributed by atoms with Crippen molar-refractivity contribution >= 4 is 38.6 Å². The Hall–Kier alpha value is -5.92. The van der Waals surface area contributed by atoms with Crippen molar-refractivity contribution in [2.75, 3.05) is 4.90 Å². The molecular weight excluding hydrogens is 542 g/mol. The van der Waals surface area contributed by atoms with Crippen LogP contribution in [-0.2, 0) is 0 Å². The fraction of sp³-hybridized carbons (Fsp3) is 0. The van der Waals surface area contributed by atoms with Crippen LogP contribution in [0.15, 0.2) is 188 Å². The highest BCUT2D eigenvalue weighted by Crippen LogP contribution is 2.43. The second-order valence-corrected chi connectivity index (χ2v) is 11.4. The Bertz CT molecular complexity index is 2250. The minimum Gasteiger partial charge on any atom is -0.310 e. The van der Waals surface area contributed by atoms with Gasteiger partial charge < -0.3 is 4.90 Å². The first-order valence-electron chi connectivity index (χ1n) is 15.4. The maximum Gasteiger partial charge on any atom is 0.0540 e. The molecule has 8 rings (SSSR count). The van der Waals surface area contributed by atoms with Crippen LogP contribution in [0.2, 0.25) is 0 Å². The van der Waals surface area contributed by atoms with Crippen molar-refractivity contribution in [2.45, 2.75) is 0 Å². The largest absolute Gasteiger partial charge is 0.310 e. The highest BCUT2D eigenvalue weighted by atomic mass is 15.1. The number of anilines is 3. The minimum atomic E-state index is 1.11. The summed E-state index contributed by atoms with van der Waals surface area (Å²) in [5, 5.41) is 4.96. The van der Waals surface area contributed by atoms with Gasteiger partial charge in [-0.3, -0.25) is 0 Å². The van der Waals surface area contributed by atoms with Gasteiger partial charge in [-0.15, -0.1) is 0 Å². The van der Waals surface area contributed by atoms with Crippen LogP contribution in [-0.4, -0.2) is 0 Å². The summed E-state index contributed by atoms with van der Waals surface area (Å²) in [6.07, 6.45) is 0. The van der Waals surface area contributed by atoms with Crippen LogP contribution < -0.4 is 4.90 Å². The number of nitrogens with zero attached hydrogens (tertiary/aromatic N) is 1. The molecule has 0 fully saturated rings. The third-order valence-corrected chi connectivity index (χ3v) is 8.65. The van der Waals surface area contributed by atoms with E-state index in [1.807, 2.05) is 0 Å². The smallest absolute Gasteiger partial charge is 0.0540 e. The van der Waals surface area contributed by atoms with Crippen molar-refractivity contribution in [1.29, 1.82) is 0 Å². The van der Waals surface area contributed by atoms with E-state index in [9.17, 15) is 0 Å². The molecule has 1 nitrogen and oxygen atoms in total. The molecule has 0 atom stereocenters. The second-order valence-electron chi connectivity index (χ2n) is 11.4. The lowest BCUT2D eigenvalue weighted by molar-refractivity contribution is 1.29. The number of hydrogen-bond acceptors (Lipinski definition) is 1. The molecule has 0 aliphatic rings. The molecule has 212 valence electrons. The van der Waals surface area contributed by atoms with Crippen LogP contribution in [0.3, 0.4) is 0 Å². The fourth-order valence-electron chi connectivity index (χ4n) is 6.49. The Morgan fingerprint density at radius 1 is 0.311 bits per heavy atom. The number of benzene rings is 8.